The monoisotopic (exact) mass is 303 g/mol. The summed E-state index contributed by atoms with van der Waals surface area (Å²) in [6, 6.07) is 12.8. The van der Waals surface area contributed by atoms with E-state index in [1.807, 2.05) is 30.3 Å². The molecule has 1 atom stereocenters. The van der Waals surface area contributed by atoms with Gasteiger partial charge in [-0.2, -0.15) is 0 Å². The summed E-state index contributed by atoms with van der Waals surface area (Å²) in [5, 5.41) is 23.5. The molecule has 0 saturated carbocycles. The Kier molecular flexibility index (Phi) is 5.81. The van der Waals surface area contributed by atoms with Gasteiger partial charge in [0.25, 0.3) is 0 Å². The van der Waals surface area contributed by atoms with Gasteiger partial charge < -0.3 is 25.3 Å². The van der Waals surface area contributed by atoms with Crippen molar-refractivity contribution in [2.24, 2.45) is 0 Å². The lowest BCUT2D eigenvalue weighted by molar-refractivity contribution is -0.388. The van der Waals surface area contributed by atoms with Crippen molar-refractivity contribution in [3.63, 3.8) is 0 Å². The number of hydrogen-bond donors (Lipinski definition) is 2. The average molecular weight is 303 g/mol. The normalized spacial score (nSPS) is 11.9. The molecule has 0 fully saturated rings. The molecule has 1 unspecified atom stereocenters. The summed E-state index contributed by atoms with van der Waals surface area (Å²) in [5.74, 6) is -0.264. The molecule has 0 radical (unpaired) electrons. The first-order valence-corrected chi connectivity index (χ1v) is 6.80. The zero-order chi connectivity index (χ0) is 15.8. The molecule has 0 spiro atoms. The van der Waals surface area contributed by atoms with Crippen LogP contribution in [0.1, 0.15) is 5.56 Å². The van der Waals surface area contributed by atoms with Crippen LogP contribution in [0.15, 0.2) is 48.7 Å². The molecule has 0 saturated heterocycles. The van der Waals surface area contributed by atoms with E-state index in [1.54, 1.807) is 12.1 Å². The Bertz CT molecular complexity index is 607. The van der Waals surface area contributed by atoms with E-state index >= 15 is 0 Å². The van der Waals surface area contributed by atoms with E-state index in [0.717, 1.165) is 5.56 Å². The molecule has 2 rings (SSSR count). The third-order valence-electron chi connectivity index (χ3n) is 2.91. The van der Waals surface area contributed by atoms with Gasteiger partial charge in [0.05, 0.1) is 19.3 Å². The van der Waals surface area contributed by atoms with Crippen molar-refractivity contribution < 1.29 is 14.8 Å². The second-order valence-electron chi connectivity index (χ2n) is 4.67. The van der Waals surface area contributed by atoms with Crippen molar-refractivity contribution in [3.8, 4) is 0 Å². The van der Waals surface area contributed by atoms with Crippen LogP contribution in [0.25, 0.3) is 0 Å². The van der Waals surface area contributed by atoms with Gasteiger partial charge >= 0.3 is 5.82 Å². The minimum atomic E-state index is -0.775. The largest absolute Gasteiger partial charge is 0.389 e. The number of ether oxygens (including phenoxy) is 1. The molecule has 22 heavy (non-hydrogen) atoms. The number of aromatic nitrogens is 1. The van der Waals surface area contributed by atoms with Gasteiger partial charge in [-0.25, -0.2) is 0 Å². The van der Waals surface area contributed by atoms with Crippen molar-refractivity contribution in [1.82, 2.24) is 4.98 Å². The number of nitrogens with zero attached hydrogens (tertiary/aromatic N) is 2. The van der Waals surface area contributed by atoms with E-state index in [9.17, 15) is 15.2 Å². The van der Waals surface area contributed by atoms with Crippen LogP contribution >= 0.6 is 0 Å². The predicted octanol–water partition coefficient (Wildman–Crippen LogP) is 1.98. The van der Waals surface area contributed by atoms with Crippen LogP contribution < -0.4 is 5.32 Å². The predicted molar refractivity (Wildman–Crippen MR) is 81.5 cm³/mol. The molecule has 2 N–H and O–H groups in total. The number of anilines is 1. The second-order valence-corrected chi connectivity index (χ2v) is 4.67. The fraction of sp³-hybridized carbons (Fsp3) is 0.267. The maximum absolute atomic E-state index is 10.8. The van der Waals surface area contributed by atoms with E-state index in [0.29, 0.717) is 6.61 Å². The molecule has 0 aliphatic heterocycles. The Balaban J connectivity index is 1.76. The molecule has 7 heteroatoms. The highest BCUT2D eigenvalue weighted by atomic mass is 16.6. The molecule has 0 aliphatic carbocycles. The van der Waals surface area contributed by atoms with Gasteiger partial charge in [-0.3, -0.25) is 0 Å². The molecular weight excluding hydrogens is 286 g/mol. The second kappa shape index (κ2) is 8.06. The lowest BCUT2D eigenvalue weighted by Gasteiger charge is -2.13. The van der Waals surface area contributed by atoms with Crippen LogP contribution in [-0.4, -0.2) is 34.3 Å². The molecule has 2 aromatic rings. The number of aliphatic hydroxyl groups is 1. The van der Waals surface area contributed by atoms with Gasteiger partial charge in [-0.15, -0.1) is 0 Å². The van der Waals surface area contributed by atoms with Crippen LogP contribution in [0.4, 0.5) is 11.5 Å². The number of rotatable bonds is 8. The number of hydrogen-bond acceptors (Lipinski definition) is 6. The SMILES string of the molecule is O=[N+]([O-])c1ncccc1NCC(O)COCc1ccccc1. The van der Waals surface area contributed by atoms with E-state index < -0.39 is 11.0 Å². The lowest BCUT2D eigenvalue weighted by Crippen LogP contribution is -2.25. The first-order valence-electron chi connectivity index (χ1n) is 6.80. The zero-order valence-electron chi connectivity index (χ0n) is 11.9. The van der Waals surface area contributed by atoms with Crippen LogP contribution in [0.5, 0.6) is 0 Å². The smallest absolute Gasteiger partial charge is 0.386 e. The minimum absolute atomic E-state index is 0.135. The fourth-order valence-corrected chi connectivity index (χ4v) is 1.85. The average Bonchev–Trinajstić information content (AvgIpc) is 2.54. The molecular formula is C15H17N3O4. The Morgan fingerprint density at radius 1 is 1.27 bits per heavy atom. The fourth-order valence-electron chi connectivity index (χ4n) is 1.85. The maximum Gasteiger partial charge on any atom is 0.386 e. The van der Waals surface area contributed by atoms with Gasteiger partial charge in [0.15, 0.2) is 0 Å². The molecule has 1 aromatic carbocycles. The summed E-state index contributed by atoms with van der Waals surface area (Å²) >= 11 is 0. The van der Waals surface area contributed by atoms with Crippen LogP contribution in [0, 0.1) is 10.1 Å². The van der Waals surface area contributed by atoms with Crippen LogP contribution in [-0.2, 0) is 11.3 Å². The van der Waals surface area contributed by atoms with Crippen molar-refractivity contribution in [2.75, 3.05) is 18.5 Å². The van der Waals surface area contributed by atoms with E-state index in [2.05, 4.69) is 10.3 Å². The molecule has 0 amide bonds. The van der Waals surface area contributed by atoms with Gasteiger partial charge in [-0.1, -0.05) is 30.3 Å². The first-order chi connectivity index (χ1) is 10.7. The molecule has 116 valence electrons. The highest BCUT2D eigenvalue weighted by molar-refractivity contribution is 5.56. The highest BCUT2D eigenvalue weighted by Crippen LogP contribution is 2.19. The number of benzene rings is 1. The van der Waals surface area contributed by atoms with E-state index in [1.165, 1.54) is 6.20 Å². The van der Waals surface area contributed by atoms with Gasteiger partial charge in [0, 0.05) is 6.54 Å². The Hall–Kier alpha value is -2.51. The summed E-state index contributed by atoms with van der Waals surface area (Å²) < 4.78 is 5.41. The Morgan fingerprint density at radius 3 is 2.77 bits per heavy atom. The molecule has 1 aromatic heterocycles. The Labute approximate surface area is 127 Å². The number of aliphatic hydroxyl groups excluding tert-OH is 1. The van der Waals surface area contributed by atoms with Crippen molar-refractivity contribution in [2.45, 2.75) is 12.7 Å². The quantitative estimate of drug-likeness (QED) is 0.571. The lowest BCUT2D eigenvalue weighted by atomic mass is 10.2. The van der Waals surface area contributed by atoms with E-state index in [-0.39, 0.29) is 24.7 Å². The Morgan fingerprint density at radius 2 is 2.05 bits per heavy atom. The summed E-state index contributed by atoms with van der Waals surface area (Å²) in [5.41, 5.74) is 1.29. The summed E-state index contributed by atoms with van der Waals surface area (Å²) in [4.78, 5) is 13.9. The van der Waals surface area contributed by atoms with Crippen molar-refractivity contribution in [1.29, 1.82) is 0 Å². The standard InChI is InChI=1S/C15H17N3O4/c19-13(11-22-10-12-5-2-1-3-6-12)9-17-14-7-4-8-16-15(14)18(20)21/h1-8,13,17,19H,9-11H2. The number of nitro groups is 1. The maximum atomic E-state index is 10.8. The molecule has 7 nitrogen and oxygen atoms in total. The van der Waals surface area contributed by atoms with Crippen molar-refractivity contribution >= 4 is 11.5 Å². The summed E-state index contributed by atoms with van der Waals surface area (Å²) in [7, 11) is 0. The van der Waals surface area contributed by atoms with Gasteiger partial charge in [-0.05, 0) is 27.6 Å². The highest BCUT2D eigenvalue weighted by Gasteiger charge is 2.14. The topological polar surface area (TPSA) is 97.5 Å². The molecule has 1 heterocycles. The summed E-state index contributed by atoms with van der Waals surface area (Å²) in [6.07, 6.45) is 0.575. The van der Waals surface area contributed by atoms with Gasteiger partial charge in [0.1, 0.15) is 11.9 Å². The van der Waals surface area contributed by atoms with Crippen LogP contribution in [0.3, 0.4) is 0 Å². The third kappa shape index (κ3) is 4.80. The third-order valence-corrected chi connectivity index (χ3v) is 2.91. The zero-order valence-corrected chi connectivity index (χ0v) is 11.9. The van der Waals surface area contributed by atoms with Gasteiger partial charge in [0.2, 0.25) is 0 Å². The van der Waals surface area contributed by atoms with E-state index in [4.69, 9.17) is 4.74 Å². The number of pyridine rings is 1. The van der Waals surface area contributed by atoms with Crippen LogP contribution in [0.2, 0.25) is 0 Å². The molecule has 0 bridgehead atoms. The molecule has 0 aliphatic rings. The summed E-state index contributed by atoms with van der Waals surface area (Å²) in [6.45, 7) is 0.683. The minimum Gasteiger partial charge on any atom is -0.389 e. The number of nitrogens with one attached hydrogen (secondary N) is 1. The van der Waals surface area contributed by atoms with Crippen molar-refractivity contribution in [3.05, 3.63) is 64.3 Å². The first kappa shape index (κ1) is 15.9.